The minimum absolute atomic E-state index is 0.156. The first kappa shape index (κ1) is 11.6. The molecule has 0 aliphatic carbocycles. The summed E-state index contributed by atoms with van der Waals surface area (Å²) in [5, 5.41) is 4.49. The molecule has 0 aliphatic rings. The molecule has 0 spiro atoms. The van der Waals surface area contributed by atoms with Gasteiger partial charge in [0.1, 0.15) is 17.5 Å². The number of hydrogen-bond acceptors (Lipinski definition) is 3. The molecular weight excluding hydrogens is 247 g/mol. The summed E-state index contributed by atoms with van der Waals surface area (Å²) in [6.07, 6.45) is 3.01. The summed E-state index contributed by atoms with van der Waals surface area (Å²) in [4.78, 5) is 16.3. The lowest BCUT2D eigenvalue weighted by molar-refractivity contribution is 0.595. The maximum Gasteiger partial charge on any atom is 0.264 e. The average molecular weight is 258 g/mol. The van der Waals surface area contributed by atoms with Gasteiger partial charge in [0, 0.05) is 18.8 Å². The third-order valence-corrected chi connectivity index (χ3v) is 2.92. The number of nitrogens with zero attached hydrogens (tertiary/aromatic N) is 4. The number of hydrogen-bond donors (Lipinski definition) is 0. The Bertz CT molecular complexity index is 806. The largest absolute Gasteiger partial charge is 0.294 e. The zero-order valence-electron chi connectivity index (χ0n) is 10.2. The number of halogens is 1. The highest BCUT2D eigenvalue weighted by molar-refractivity contribution is 5.72. The van der Waals surface area contributed by atoms with E-state index < -0.39 is 0 Å². The van der Waals surface area contributed by atoms with Crippen LogP contribution in [0.5, 0.6) is 0 Å². The van der Waals surface area contributed by atoms with Crippen LogP contribution in [-0.4, -0.2) is 19.3 Å². The van der Waals surface area contributed by atoms with Crippen LogP contribution in [0.3, 0.4) is 0 Å². The highest BCUT2D eigenvalue weighted by Gasteiger charge is 2.09. The summed E-state index contributed by atoms with van der Waals surface area (Å²) in [5.41, 5.74) is 0.633. The molecule has 0 N–H and O–H groups in total. The van der Waals surface area contributed by atoms with Crippen molar-refractivity contribution in [1.29, 1.82) is 0 Å². The summed E-state index contributed by atoms with van der Waals surface area (Å²) in [6, 6.07) is 6.37. The van der Waals surface area contributed by atoms with Gasteiger partial charge in [0.15, 0.2) is 5.65 Å². The molecule has 0 aliphatic heterocycles. The van der Waals surface area contributed by atoms with E-state index in [1.165, 1.54) is 21.6 Å². The molecule has 3 aromatic rings. The topological polar surface area (TPSA) is 52.7 Å². The van der Waals surface area contributed by atoms with E-state index >= 15 is 0 Å². The van der Waals surface area contributed by atoms with Crippen LogP contribution in [0.25, 0.3) is 11.0 Å². The Balaban J connectivity index is 2.09. The summed E-state index contributed by atoms with van der Waals surface area (Å²) in [7, 11) is 1.72. The lowest BCUT2D eigenvalue weighted by Gasteiger charge is -2.05. The number of fused-ring (bicyclic) bond motifs is 1. The Labute approximate surface area is 107 Å². The molecule has 19 heavy (non-hydrogen) atoms. The lowest BCUT2D eigenvalue weighted by Crippen LogP contribution is -2.21. The van der Waals surface area contributed by atoms with Crippen LogP contribution in [0.15, 0.2) is 41.6 Å². The van der Waals surface area contributed by atoms with Gasteiger partial charge in [-0.25, -0.2) is 9.37 Å². The smallest absolute Gasteiger partial charge is 0.264 e. The van der Waals surface area contributed by atoms with Gasteiger partial charge in [-0.2, -0.15) is 5.10 Å². The third-order valence-electron chi connectivity index (χ3n) is 2.92. The van der Waals surface area contributed by atoms with Crippen LogP contribution < -0.4 is 5.56 Å². The predicted molar refractivity (Wildman–Crippen MR) is 68.3 cm³/mol. The van der Waals surface area contributed by atoms with Gasteiger partial charge in [-0.05, 0) is 6.07 Å². The van der Waals surface area contributed by atoms with E-state index in [1.54, 1.807) is 31.4 Å². The number of rotatable bonds is 2. The average Bonchev–Trinajstić information content (AvgIpc) is 2.77. The van der Waals surface area contributed by atoms with E-state index in [0.717, 1.165) is 0 Å². The Morgan fingerprint density at radius 1 is 1.32 bits per heavy atom. The first-order chi connectivity index (χ1) is 9.15. The van der Waals surface area contributed by atoms with E-state index in [2.05, 4.69) is 10.1 Å². The van der Waals surface area contributed by atoms with Crippen molar-refractivity contribution in [2.75, 3.05) is 0 Å². The lowest BCUT2D eigenvalue weighted by atomic mass is 10.2. The summed E-state index contributed by atoms with van der Waals surface area (Å²) in [5.74, 6) is -0.333. The molecule has 0 radical (unpaired) electrons. The molecule has 0 saturated heterocycles. The standard InChI is InChI=1S/C13H11FN4O/c1-17-7-10-12(16-17)15-8-18(13(10)19)6-9-4-2-3-5-11(9)14/h2-5,7-8H,6H2,1H3. The van der Waals surface area contributed by atoms with Crippen molar-refractivity contribution in [3.05, 3.63) is 58.5 Å². The highest BCUT2D eigenvalue weighted by Crippen LogP contribution is 2.08. The molecule has 2 aromatic heterocycles. The van der Waals surface area contributed by atoms with Crippen LogP contribution in [0.1, 0.15) is 5.56 Å². The molecule has 1 aromatic carbocycles. The second-order valence-corrected chi connectivity index (χ2v) is 4.31. The number of benzene rings is 1. The van der Waals surface area contributed by atoms with Gasteiger partial charge in [-0.3, -0.25) is 14.0 Å². The summed E-state index contributed by atoms with van der Waals surface area (Å²) < 4.78 is 16.5. The first-order valence-electron chi connectivity index (χ1n) is 5.77. The Morgan fingerprint density at radius 3 is 2.89 bits per heavy atom. The van der Waals surface area contributed by atoms with Crippen LogP contribution in [-0.2, 0) is 13.6 Å². The second-order valence-electron chi connectivity index (χ2n) is 4.31. The normalized spacial score (nSPS) is 11.1. The summed E-state index contributed by atoms with van der Waals surface area (Å²) in [6.45, 7) is 0.156. The zero-order valence-corrected chi connectivity index (χ0v) is 10.2. The van der Waals surface area contributed by atoms with E-state index in [1.807, 2.05) is 0 Å². The van der Waals surface area contributed by atoms with Crippen molar-refractivity contribution in [3.63, 3.8) is 0 Å². The second kappa shape index (κ2) is 4.31. The third kappa shape index (κ3) is 2.01. The van der Waals surface area contributed by atoms with E-state index in [-0.39, 0.29) is 17.9 Å². The van der Waals surface area contributed by atoms with E-state index in [4.69, 9.17) is 0 Å². The molecule has 0 fully saturated rings. The van der Waals surface area contributed by atoms with E-state index in [0.29, 0.717) is 16.6 Å². The van der Waals surface area contributed by atoms with Crippen molar-refractivity contribution in [2.24, 2.45) is 7.05 Å². The predicted octanol–water partition coefficient (Wildman–Crippen LogP) is 1.32. The van der Waals surface area contributed by atoms with Gasteiger partial charge < -0.3 is 0 Å². The Kier molecular flexibility index (Phi) is 2.63. The summed E-state index contributed by atoms with van der Waals surface area (Å²) >= 11 is 0. The Morgan fingerprint density at radius 2 is 2.11 bits per heavy atom. The van der Waals surface area contributed by atoms with Gasteiger partial charge >= 0.3 is 0 Å². The van der Waals surface area contributed by atoms with E-state index in [9.17, 15) is 9.18 Å². The monoisotopic (exact) mass is 258 g/mol. The first-order valence-corrected chi connectivity index (χ1v) is 5.77. The molecule has 0 unspecified atom stereocenters. The van der Waals surface area contributed by atoms with Gasteiger partial charge in [-0.15, -0.1) is 0 Å². The minimum atomic E-state index is -0.333. The highest BCUT2D eigenvalue weighted by atomic mass is 19.1. The molecule has 6 heteroatoms. The van der Waals surface area contributed by atoms with Crippen molar-refractivity contribution < 1.29 is 4.39 Å². The molecule has 0 atom stereocenters. The SMILES string of the molecule is Cn1cc2c(=O)n(Cc3ccccc3F)cnc2n1. The molecule has 2 heterocycles. The molecular formula is C13H11FN4O. The van der Waals surface area contributed by atoms with Crippen molar-refractivity contribution in [2.45, 2.75) is 6.54 Å². The molecule has 96 valence electrons. The van der Waals surface area contributed by atoms with Gasteiger partial charge in [0.2, 0.25) is 0 Å². The molecule has 0 amide bonds. The Hall–Kier alpha value is -2.50. The fourth-order valence-electron chi connectivity index (χ4n) is 1.98. The maximum atomic E-state index is 13.6. The molecule has 3 rings (SSSR count). The minimum Gasteiger partial charge on any atom is -0.294 e. The van der Waals surface area contributed by atoms with Crippen molar-refractivity contribution in [3.8, 4) is 0 Å². The van der Waals surface area contributed by atoms with Gasteiger partial charge in [-0.1, -0.05) is 18.2 Å². The number of aromatic nitrogens is 4. The van der Waals surface area contributed by atoms with Gasteiger partial charge in [0.25, 0.3) is 5.56 Å². The fourth-order valence-corrected chi connectivity index (χ4v) is 1.98. The van der Waals surface area contributed by atoms with Crippen LogP contribution >= 0.6 is 0 Å². The maximum absolute atomic E-state index is 13.6. The molecule has 0 saturated carbocycles. The van der Waals surface area contributed by atoms with Crippen LogP contribution in [0.2, 0.25) is 0 Å². The molecule has 0 bridgehead atoms. The van der Waals surface area contributed by atoms with Crippen molar-refractivity contribution >= 4 is 11.0 Å². The van der Waals surface area contributed by atoms with Crippen LogP contribution in [0, 0.1) is 5.82 Å². The number of aryl methyl sites for hydroxylation is 1. The fraction of sp³-hybridized carbons (Fsp3) is 0.154. The quantitative estimate of drug-likeness (QED) is 0.696. The van der Waals surface area contributed by atoms with Crippen molar-refractivity contribution in [1.82, 2.24) is 19.3 Å². The van der Waals surface area contributed by atoms with Crippen LogP contribution in [0.4, 0.5) is 4.39 Å². The zero-order chi connectivity index (χ0) is 13.4. The molecule has 5 nitrogen and oxygen atoms in total. The van der Waals surface area contributed by atoms with Gasteiger partial charge in [0.05, 0.1) is 6.54 Å².